The molecule has 0 radical (unpaired) electrons. The second-order valence-corrected chi connectivity index (χ2v) is 7.32. The van der Waals surface area contributed by atoms with Gasteiger partial charge in [-0.25, -0.2) is 0 Å². The number of β-amino-alcohol motifs (C(OH)–C–C–N with tert-alkyl or cyclic N) is 1. The highest BCUT2D eigenvalue weighted by molar-refractivity contribution is 9.11. The Morgan fingerprint density at radius 3 is 2.95 bits per heavy atom. The zero-order valence-electron chi connectivity index (χ0n) is 11.7. The molecule has 0 aromatic heterocycles. The molecule has 20 heavy (non-hydrogen) atoms. The van der Waals surface area contributed by atoms with Crippen LogP contribution in [0, 0.1) is 5.92 Å². The number of likely N-dealkylation sites (tertiary alicyclic amines) is 1. The summed E-state index contributed by atoms with van der Waals surface area (Å²) in [4.78, 5) is 2.33. The third-order valence-electron chi connectivity index (χ3n) is 3.54. The van der Waals surface area contributed by atoms with Crippen LogP contribution in [0.1, 0.15) is 19.8 Å². The van der Waals surface area contributed by atoms with Crippen molar-refractivity contribution >= 4 is 31.9 Å². The average molecular weight is 407 g/mol. The van der Waals surface area contributed by atoms with Crippen LogP contribution >= 0.6 is 31.9 Å². The number of hydrogen-bond donors (Lipinski definition) is 1. The number of halogens is 2. The van der Waals surface area contributed by atoms with E-state index in [2.05, 4.69) is 43.7 Å². The van der Waals surface area contributed by atoms with Crippen LogP contribution in [-0.2, 0) is 0 Å². The monoisotopic (exact) mass is 405 g/mol. The molecule has 0 spiro atoms. The molecule has 1 saturated heterocycles. The van der Waals surface area contributed by atoms with Gasteiger partial charge in [-0.15, -0.1) is 0 Å². The number of benzene rings is 1. The van der Waals surface area contributed by atoms with Crippen molar-refractivity contribution in [1.82, 2.24) is 4.90 Å². The van der Waals surface area contributed by atoms with Gasteiger partial charge in [0.15, 0.2) is 0 Å². The van der Waals surface area contributed by atoms with Gasteiger partial charge in [0.1, 0.15) is 18.5 Å². The number of aliphatic hydroxyl groups excluding tert-OH is 1. The third-order valence-corrected chi connectivity index (χ3v) is 4.65. The van der Waals surface area contributed by atoms with E-state index in [4.69, 9.17) is 4.74 Å². The fourth-order valence-electron chi connectivity index (χ4n) is 2.58. The molecule has 3 nitrogen and oxygen atoms in total. The highest BCUT2D eigenvalue weighted by Gasteiger charge is 2.19. The number of nitrogens with zero attached hydrogens (tertiary/aromatic N) is 1. The van der Waals surface area contributed by atoms with E-state index in [1.54, 1.807) is 0 Å². The summed E-state index contributed by atoms with van der Waals surface area (Å²) < 4.78 is 7.57. The summed E-state index contributed by atoms with van der Waals surface area (Å²) in [6.45, 7) is 5.46. The summed E-state index contributed by atoms with van der Waals surface area (Å²) >= 11 is 6.86. The number of ether oxygens (including phenoxy) is 1. The van der Waals surface area contributed by atoms with Crippen LogP contribution in [0.25, 0.3) is 0 Å². The molecule has 0 unspecified atom stereocenters. The van der Waals surface area contributed by atoms with Crippen molar-refractivity contribution in [3.63, 3.8) is 0 Å². The first-order valence-electron chi connectivity index (χ1n) is 7.03. The first kappa shape index (κ1) is 16.3. The summed E-state index contributed by atoms with van der Waals surface area (Å²) in [6.07, 6.45) is 2.08. The topological polar surface area (TPSA) is 32.7 Å². The molecule has 0 saturated carbocycles. The Hall–Kier alpha value is -0.100. The molecule has 1 heterocycles. The fraction of sp³-hybridized carbons (Fsp3) is 0.600. The third kappa shape index (κ3) is 5.02. The van der Waals surface area contributed by atoms with Crippen molar-refractivity contribution in [2.45, 2.75) is 25.9 Å². The lowest BCUT2D eigenvalue weighted by atomic mass is 10.0. The minimum atomic E-state index is -0.448. The number of hydrogen-bond acceptors (Lipinski definition) is 3. The van der Waals surface area contributed by atoms with Gasteiger partial charge in [-0.05, 0) is 59.4 Å². The molecule has 0 bridgehead atoms. The Kier molecular flexibility index (Phi) is 6.33. The molecule has 2 atom stereocenters. The van der Waals surface area contributed by atoms with Crippen LogP contribution in [0.4, 0.5) is 0 Å². The van der Waals surface area contributed by atoms with Crippen molar-refractivity contribution in [3.05, 3.63) is 27.1 Å². The Balaban J connectivity index is 1.78. The molecule has 1 fully saturated rings. The summed E-state index contributed by atoms with van der Waals surface area (Å²) in [6, 6.07) is 5.76. The Bertz CT molecular complexity index is 442. The predicted octanol–water partition coefficient (Wildman–Crippen LogP) is 3.68. The second kappa shape index (κ2) is 7.78. The van der Waals surface area contributed by atoms with Crippen LogP contribution in [0.5, 0.6) is 5.75 Å². The van der Waals surface area contributed by atoms with E-state index in [-0.39, 0.29) is 0 Å². The first-order valence-corrected chi connectivity index (χ1v) is 8.61. The van der Waals surface area contributed by atoms with Gasteiger partial charge in [0.25, 0.3) is 0 Å². The Labute approximate surface area is 137 Å². The van der Waals surface area contributed by atoms with Crippen LogP contribution in [-0.4, -0.2) is 42.4 Å². The van der Waals surface area contributed by atoms with Crippen LogP contribution in [0.3, 0.4) is 0 Å². The predicted molar refractivity (Wildman–Crippen MR) is 88.2 cm³/mol. The Morgan fingerprint density at radius 1 is 1.45 bits per heavy atom. The molecule has 1 aromatic rings. The molecule has 1 aliphatic heterocycles. The summed E-state index contributed by atoms with van der Waals surface area (Å²) in [5.41, 5.74) is 0. The molecular weight excluding hydrogens is 386 g/mol. The van der Waals surface area contributed by atoms with Crippen LogP contribution < -0.4 is 4.74 Å². The summed E-state index contributed by atoms with van der Waals surface area (Å²) in [5, 5.41) is 10.1. The Morgan fingerprint density at radius 2 is 2.25 bits per heavy atom. The normalized spacial score (nSPS) is 21.7. The number of piperidine rings is 1. The van der Waals surface area contributed by atoms with Gasteiger partial charge < -0.3 is 14.7 Å². The van der Waals surface area contributed by atoms with Crippen LogP contribution in [0.15, 0.2) is 27.1 Å². The zero-order chi connectivity index (χ0) is 14.5. The first-order chi connectivity index (χ1) is 9.54. The maximum atomic E-state index is 10.1. The molecule has 5 heteroatoms. The molecule has 1 aliphatic rings. The smallest absolute Gasteiger partial charge is 0.133 e. The van der Waals surface area contributed by atoms with Gasteiger partial charge in [-0.3, -0.25) is 0 Å². The number of aliphatic hydroxyl groups is 1. The van der Waals surface area contributed by atoms with E-state index >= 15 is 0 Å². The van der Waals surface area contributed by atoms with Gasteiger partial charge in [-0.2, -0.15) is 0 Å². The van der Waals surface area contributed by atoms with E-state index in [0.29, 0.717) is 13.2 Å². The van der Waals surface area contributed by atoms with Gasteiger partial charge in [0, 0.05) is 17.6 Å². The van der Waals surface area contributed by atoms with E-state index < -0.39 is 6.10 Å². The van der Waals surface area contributed by atoms with Crippen LogP contribution in [0.2, 0.25) is 0 Å². The molecule has 2 rings (SSSR count). The lowest BCUT2D eigenvalue weighted by Gasteiger charge is -2.32. The van der Waals surface area contributed by atoms with Crippen molar-refractivity contribution in [2.24, 2.45) is 5.92 Å². The molecule has 112 valence electrons. The fourth-order valence-corrected chi connectivity index (χ4v) is 3.74. The van der Waals surface area contributed by atoms with Gasteiger partial charge in [0.05, 0.1) is 4.47 Å². The summed E-state index contributed by atoms with van der Waals surface area (Å²) in [7, 11) is 0. The molecule has 0 amide bonds. The SMILES string of the molecule is C[C@@H]1CCCN(C[C@H](O)COc2ccc(Br)cc2Br)C1. The zero-order valence-corrected chi connectivity index (χ0v) is 14.9. The van der Waals surface area contributed by atoms with Crippen molar-refractivity contribution < 1.29 is 9.84 Å². The van der Waals surface area contributed by atoms with Gasteiger partial charge >= 0.3 is 0 Å². The van der Waals surface area contributed by atoms with Gasteiger partial charge in [0.2, 0.25) is 0 Å². The quantitative estimate of drug-likeness (QED) is 0.809. The van der Waals surface area contributed by atoms with E-state index in [1.807, 2.05) is 18.2 Å². The lowest BCUT2D eigenvalue weighted by Crippen LogP contribution is -2.41. The molecule has 0 aliphatic carbocycles. The van der Waals surface area contributed by atoms with E-state index in [1.165, 1.54) is 12.8 Å². The maximum Gasteiger partial charge on any atom is 0.133 e. The van der Waals surface area contributed by atoms with Crippen molar-refractivity contribution in [3.8, 4) is 5.75 Å². The molecule has 1 N–H and O–H groups in total. The maximum absolute atomic E-state index is 10.1. The van der Waals surface area contributed by atoms with E-state index in [9.17, 15) is 5.11 Å². The molecule has 1 aromatic carbocycles. The van der Waals surface area contributed by atoms with Crippen molar-refractivity contribution in [2.75, 3.05) is 26.2 Å². The second-order valence-electron chi connectivity index (χ2n) is 5.55. The standard InChI is InChI=1S/C15H21Br2NO2/c1-11-3-2-6-18(8-11)9-13(19)10-20-15-5-4-12(16)7-14(15)17/h4-5,7,11,13,19H,2-3,6,8-10H2,1H3/t11-,13+/m1/s1. The molecular formula is C15H21Br2NO2. The average Bonchev–Trinajstić information content (AvgIpc) is 2.37. The van der Waals surface area contributed by atoms with E-state index in [0.717, 1.165) is 33.7 Å². The highest BCUT2D eigenvalue weighted by Crippen LogP contribution is 2.28. The number of rotatable bonds is 5. The minimum absolute atomic E-state index is 0.325. The van der Waals surface area contributed by atoms with Crippen molar-refractivity contribution in [1.29, 1.82) is 0 Å². The lowest BCUT2D eigenvalue weighted by molar-refractivity contribution is 0.0535. The summed E-state index contributed by atoms with van der Waals surface area (Å²) in [5.74, 6) is 1.50. The van der Waals surface area contributed by atoms with Gasteiger partial charge in [-0.1, -0.05) is 22.9 Å². The largest absolute Gasteiger partial charge is 0.490 e. The highest BCUT2D eigenvalue weighted by atomic mass is 79.9. The minimum Gasteiger partial charge on any atom is -0.490 e.